The molecule has 106 valence electrons. The van der Waals surface area contributed by atoms with Crippen LogP contribution in [0.1, 0.15) is 11.3 Å². The van der Waals surface area contributed by atoms with E-state index in [4.69, 9.17) is 10.5 Å². The molecule has 3 rings (SSSR count). The Labute approximate surface area is 122 Å². The molecule has 0 saturated carbocycles. The Kier molecular flexibility index (Phi) is 3.31. The van der Waals surface area contributed by atoms with Crippen LogP contribution >= 0.6 is 0 Å². The first-order valence-corrected chi connectivity index (χ1v) is 6.60. The van der Waals surface area contributed by atoms with Gasteiger partial charge in [0.2, 0.25) is 5.95 Å². The molecule has 0 spiro atoms. The molecule has 0 bridgehead atoms. The first-order chi connectivity index (χ1) is 10.2. The highest BCUT2D eigenvalue weighted by Gasteiger charge is 2.05. The maximum absolute atomic E-state index is 5.78. The van der Waals surface area contributed by atoms with Gasteiger partial charge in [0.15, 0.2) is 0 Å². The number of aromatic nitrogens is 2. The van der Waals surface area contributed by atoms with Gasteiger partial charge in [0.25, 0.3) is 0 Å². The molecule has 5 heteroatoms. The summed E-state index contributed by atoms with van der Waals surface area (Å²) in [5.41, 5.74) is 7.62. The molecule has 0 radical (unpaired) electrons. The van der Waals surface area contributed by atoms with Crippen molar-refractivity contribution in [2.45, 2.75) is 6.92 Å². The lowest BCUT2D eigenvalue weighted by molar-refractivity contribution is 0.420. The normalized spacial score (nSPS) is 11.3. The van der Waals surface area contributed by atoms with Crippen molar-refractivity contribution in [3.63, 3.8) is 0 Å². The van der Waals surface area contributed by atoms with Gasteiger partial charge in [-0.2, -0.15) is 5.10 Å². The summed E-state index contributed by atoms with van der Waals surface area (Å²) >= 11 is 0. The number of benzene rings is 2. The Bertz CT molecular complexity index is 820. The summed E-state index contributed by atoms with van der Waals surface area (Å²) < 4.78 is 6.95. The van der Waals surface area contributed by atoms with Crippen LogP contribution in [0.15, 0.2) is 47.7 Å². The fourth-order valence-corrected chi connectivity index (χ4v) is 2.31. The molecule has 3 aromatic rings. The lowest BCUT2D eigenvalue weighted by Crippen LogP contribution is -1.97. The van der Waals surface area contributed by atoms with Crippen LogP contribution < -0.4 is 10.5 Å². The fourth-order valence-electron chi connectivity index (χ4n) is 2.31. The van der Waals surface area contributed by atoms with Crippen LogP contribution in [0.25, 0.3) is 10.8 Å². The van der Waals surface area contributed by atoms with Crippen molar-refractivity contribution in [3.05, 3.63) is 53.9 Å². The third kappa shape index (κ3) is 2.45. The minimum absolute atomic E-state index is 0.376. The van der Waals surface area contributed by atoms with Gasteiger partial charge in [-0.15, -0.1) is 0 Å². The Morgan fingerprint density at radius 1 is 1.19 bits per heavy atom. The predicted octanol–water partition coefficient (Wildman–Crippen LogP) is 2.82. The zero-order chi connectivity index (χ0) is 14.8. The number of aryl methyl sites for hydroxylation is 1. The van der Waals surface area contributed by atoms with Crippen molar-refractivity contribution in [1.29, 1.82) is 0 Å². The molecular weight excluding hydrogens is 264 g/mol. The van der Waals surface area contributed by atoms with Crippen LogP contribution in [-0.4, -0.2) is 23.0 Å². The Balaban J connectivity index is 2.07. The van der Waals surface area contributed by atoms with Gasteiger partial charge in [-0.1, -0.05) is 24.3 Å². The van der Waals surface area contributed by atoms with E-state index in [1.165, 1.54) is 0 Å². The zero-order valence-electron chi connectivity index (χ0n) is 11.9. The molecule has 5 nitrogen and oxygen atoms in total. The number of hydrogen-bond acceptors (Lipinski definition) is 4. The molecule has 2 N–H and O–H groups in total. The highest BCUT2D eigenvalue weighted by Crippen LogP contribution is 2.27. The number of nitrogens with two attached hydrogens (primary N) is 1. The Hall–Kier alpha value is -2.82. The molecule has 0 aliphatic rings. The molecular formula is C16H16N4O. The van der Waals surface area contributed by atoms with E-state index in [0.29, 0.717) is 5.95 Å². The summed E-state index contributed by atoms with van der Waals surface area (Å²) in [6.45, 7) is 1.88. The number of hydrogen-bond donors (Lipinski definition) is 1. The molecule has 0 aliphatic carbocycles. The minimum Gasteiger partial charge on any atom is -0.496 e. The molecule has 0 atom stereocenters. The van der Waals surface area contributed by atoms with Gasteiger partial charge in [0.05, 0.1) is 25.2 Å². The van der Waals surface area contributed by atoms with Gasteiger partial charge in [-0.3, -0.25) is 0 Å². The van der Waals surface area contributed by atoms with E-state index in [1.54, 1.807) is 24.2 Å². The number of rotatable bonds is 3. The average Bonchev–Trinajstić information content (AvgIpc) is 2.82. The fraction of sp³-hybridized carbons (Fsp3) is 0.125. The lowest BCUT2D eigenvalue weighted by atomic mass is 10.0. The van der Waals surface area contributed by atoms with Crippen LogP contribution in [0.3, 0.4) is 0 Å². The summed E-state index contributed by atoms with van der Waals surface area (Å²) in [6.07, 6.45) is 3.57. The summed E-state index contributed by atoms with van der Waals surface area (Å²) in [5.74, 6) is 1.22. The van der Waals surface area contributed by atoms with Gasteiger partial charge in [0, 0.05) is 10.9 Å². The topological polar surface area (TPSA) is 65.4 Å². The Morgan fingerprint density at radius 3 is 2.62 bits per heavy atom. The van der Waals surface area contributed by atoms with Gasteiger partial charge in [-0.25, -0.2) is 9.66 Å². The zero-order valence-corrected chi connectivity index (χ0v) is 11.9. The lowest BCUT2D eigenvalue weighted by Gasteiger charge is -2.07. The molecule has 0 amide bonds. The second-order valence-electron chi connectivity index (χ2n) is 4.73. The second-order valence-corrected chi connectivity index (χ2v) is 4.73. The molecule has 1 heterocycles. The molecule has 1 aromatic heterocycles. The van der Waals surface area contributed by atoms with Crippen molar-refractivity contribution in [2.24, 2.45) is 5.10 Å². The molecule has 0 aliphatic heterocycles. The largest absolute Gasteiger partial charge is 0.496 e. The van der Waals surface area contributed by atoms with Crippen molar-refractivity contribution in [1.82, 2.24) is 9.66 Å². The van der Waals surface area contributed by atoms with E-state index in [0.717, 1.165) is 27.8 Å². The van der Waals surface area contributed by atoms with Crippen LogP contribution in [0.5, 0.6) is 5.75 Å². The van der Waals surface area contributed by atoms with Crippen molar-refractivity contribution < 1.29 is 4.74 Å². The monoisotopic (exact) mass is 280 g/mol. The first kappa shape index (κ1) is 13.2. The minimum atomic E-state index is 0.376. The van der Waals surface area contributed by atoms with E-state index in [-0.39, 0.29) is 0 Å². The highest BCUT2D eigenvalue weighted by atomic mass is 16.5. The van der Waals surface area contributed by atoms with E-state index < -0.39 is 0 Å². The van der Waals surface area contributed by atoms with E-state index in [1.807, 2.05) is 43.3 Å². The molecule has 0 fully saturated rings. The third-order valence-corrected chi connectivity index (χ3v) is 3.29. The number of fused-ring (bicyclic) bond motifs is 1. The summed E-state index contributed by atoms with van der Waals surface area (Å²) in [4.78, 5) is 4.12. The van der Waals surface area contributed by atoms with Crippen molar-refractivity contribution in [2.75, 3.05) is 12.8 Å². The number of nitrogens with zero attached hydrogens (tertiary/aromatic N) is 3. The summed E-state index contributed by atoms with van der Waals surface area (Å²) in [6, 6.07) is 12.0. The van der Waals surface area contributed by atoms with Crippen LogP contribution in [-0.2, 0) is 0 Å². The number of nitrogen functional groups attached to an aromatic ring is 1. The SMILES string of the molecule is COc1ccc(C=Nn2cc(C)nc2N)c2ccccc12. The van der Waals surface area contributed by atoms with E-state index in [2.05, 4.69) is 10.1 Å². The van der Waals surface area contributed by atoms with Gasteiger partial charge < -0.3 is 10.5 Å². The van der Waals surface area contributed by atoms with Crippen LogP contribution in [0.2, 0.25) is 0 Å². The van der Waals surface area contributed by atoms with Crippen LogP contribution in [0.4, 0.5) is 5.95 Å². The quantitative estimate of drug-likeness (QED) is 0.750. The van der Waals surface area contributed by atoms with Gasteiger partial charge in [0.1, 0.15) is 5.75 Å². The van der Waals surface area contributed by atoms with E-state index >= 15 is 0 Å². The Morgan fingerprint density at radius 2 is 1.95 bits per heavy atom. The first-order valence-electron chi connectivity index (χ1n) is 6.60. The highest BCUT2D eigenvalue weighted by molar-refractivity contribution is 6.02. The van der Waals surface area contributed by atoms with Gasteiger partial charge in [-0.05, 0) is 24.4 Å². The summed E-state index contributed by atoms with van der Waals surface area (Å²) in [7, 11) is 1.67. The van der Waals surface area contributed by atoms with Crippen LogP contribution in [0, 0.1) is 6.92 Å². The summed E-state index contributed by atoms with van der Waals surface area (Å²) in [5, 5.41) is 6.50. The maximum atomic E-state index is 5.78. The van der Waals surface area contributed by atoms with Crippen molar-refractivity contribution >= 4 is 22.9 Å². The van der Waals surface area contributed by atoms with Crippen molar-refractivity contribution in [3.8, 4) is 5.75 Å². The number of ether oxygens (including phenoxy) is 1. The number of methoxy groups -OCH3 is 1. The van der Waals surface area contributed by atoms with Gasteiger partial charge >= 0.3 is 0 Å². The predicted molar refractivity (Wildman–Crippen MR) is 84.9 cm³/mol. The average molecular weight is 280 g/mol. The number of anilines is 1. The second kappa shape index (κ2) is 5.28. The molecule has 21 heavy (non-hydrogen) atoms. The third-order valence-electron chi connectivity index (χ3n) is 3.29. The molecule has 0 unspecified atom stereocenters. The smallest absolute Gasteiger partial charge is 0.221 e. The number of imidazole rings is 1. The molecule has 0 saturated heterocycles. The maximum Gasteiger partial charge on any atom is 0.221 e. The standard InChI is InChI=1S/C16H16N4O/c1-11-10-20(16(17)19-11)18-9-12-7-8-15(21-2)14-6-4-3-5-13(12)14/h3-10H,1-2H3,(H2,17,19). The van der Waals surface area contributed by atoms with E-state index in [9.17, 15) is 0 Å². The molecule has 2 aromatic carbocycles.